The molecular formula is C13H18O. The van der Waals surface area contributed by atoms with Crippen LogP contribution in [0.3, 0.4) is 0 Å². The van der Waals surface area contributed by atoms with E-state index in [-0.39, 0.29) is 5.41 Å². The maximum atomic E-state index is 11.3. The van der Waals surface area contributed by atoms with Gasteiger partial charge >= 0.3 is 0 Å². The number of rotatable bonds is 0. The molecular weight excluding hydrogens is 172 g/mol. The minimum absolute atomic E-state index is 0.238. The lowest BCUT2D eigenvalue weighted by atomic mass is 9.60. The zero-order valence-corrected chi connectivity index (χ0v) is 9.21. The van der Waals surface area contributed by atoms with E-state index in [1.54, 1.807) is 0 Å². The van der Waals surface area contributed by atoms with Gasteiger partial charge in [-0.15, -0.1) is 0 Å². The Morgan fingerprint density at radius 2 is 2.14 bits per heavy atom. The summed E-state index contributed by atoms with van der Waals surface area (Å²) in [6.07, 6.45) is 7.99. The maximum Gasteiger partial charge on any atom is 0.156 e. The predicted molar refractivity (Wildman–Crippen MR) is 57.9 cm³/mol. The average Bonchev–Trinajstić information content (AvgIpc) is 2.16. The molecule has 3 atom stereocenters. The highest BCUT2D eigenvalue weighted by Crippen LogP contribution is 2.49. The van der Waals surface area contributed by atoms with E-state index in [0.717, 1.165) is 12.8 Å². The molecule has 2 rings (SSSR count). The van der Waals surface area contributed by atoms with Gasteiger partial charge in [0.05, 0.1) is 0 Å². The summed E-state index contributed by atoms with van der Waals surface area (Å²) in [5.41, 5.74) is 1.49. The number of carbonyl (C=O) groups excluding carboxylic acids is 1. The minimum Gasteiger partial charge on any atom is -0.295 e. The third-order valence-corrected chi connectivity index (χ3v) is 4.24. The Labute approximate surface area is 85.9 Å². The molecule has 2 aliphatic carbocycles. The summed E-state index contributed by atoms with van der Waals surface area (Å²) in [6.45, 7) is 6.87. The van der Waals surface area contributed by atoms with Crippen LogP contribution in [0, 0.1) is 17.3 Å². The molecule has 0 fully saturated rings. The quantitative estimate of drug-likeness (QED) is 0.573. The molecule has 0 bridgehead atoms. The van der Waals surface area contributed by atoms with Crippen molar-refractivity contribution in [1.82, 2.24) is 0 Å². The summed E-state index contributed by atoms with van der Waals surface area (Å²) in [6, 6.07) is 0. The first-order valence-electron chi connectivity index (χ1n) is 5.47. The maximum absolute atomic E-state index is 11.3. The molecule has 1 unspecified atom stereocenters. The third-order valence-electron chi connectivity index (χ3n) is 4.24. The first kappa shape index (κ1) is 9.70. The van der Waals surface area contributed by atoms with Crippen LogP contribution in [0.25, 0.3) is 0 Å². The molecule has 0 aromatic carbocycles. The van der Waals surface area contributed by atoms with E-state index in [4.69, 9.17) is 0 Å². The van der Waals surface area contributed by atoms with Crippen LogP contribution in [0.15, 0.2) is 23.8 Å². The van der Waals surface area contributed by atoms with Crippen LogP contribution < -0.4 is 0 Å². The Hall–Kier alpha value is -0.850. The number of hydrogen-bond acceptors (Lipinski definition) is 1. The van der Waals surface area contributed by atoms with E-state index in [2.05, 4.69) is 32.9 Å². The van der Waals surface area contributed by atoms with E-state index in [1.165, 1.54) is 5.57 Å². The van der Waals surface area contributed by atoms with Crippen molar-refractivity contribution in [2.75, 3.05) is 0 Å². The van der Waals surface area contributed by atoms with Gasteiger partial charge < -0.3 is 0 Å². The number of carbonyl (C=O) groups is 1. The Bertz CT molecular complexity index is 324. The monoisotopic (exact) mass is 190 g/mol. The van der Waals surface area contributed by atoms with Crippen molar-refractivity contribution in [3.63, 3.8) is 0 Å². The molecule has 14 heavy (non-hydrogen) atoms. The standard InChI is InChI=1S/C13H18O/c1-9-4-5-11-8-12(14)6-7-13(11,3)10(9)2/h4-5,8-10H,6-7H2,1-3H3/t9?,10-,13+/m0/s1. The van der Waals surface area contributed by atoms with E-state index in [1.807, 2.05) is 6.08 Å². The highest BCUT2D eigenvalue weighted by molar-refractivity contribution is 5.92. The molecule has 0 saturated carbocycles. The molecule has 0 aliphatic heterocycles. The normalized spacial score (nSPS) is 41.9. The third kappa shape index (κ3) is 1.26. The van der Waals surface area contributed by atoms with Crippen LogP contribution in [-0.4, -0.2) is 5.78 Å². The van der Waals surface area contributed by atoms with Gasteiger partial charge in [-0.3, -0.25) is 4.79 Å². The smallest absolute Gasteiger partial charge is 0.156 e. The van der Waals surface area contributed by atoms with E-state index in [0.29, 0.717) is 17.6 Å². The highest BCUT2D eigenvalue weighted by atomic mass is 16.1. The lowest BCUT2D eigenvalue weighted by Crippen LogP contribution is -2.36. The fraction of sp³-hybridized carbons (Fsp3) is 0.615. The van der Waals surface area contributed by atoms with E-state index >= 15 is 0 Å². The molecule has 1 nitrogen and oxygen atoms in total. The zero-order chi connectivity index (χ0) is 10.3. The van der Waals surface area contributed by atoms with Crippen molar-refractivity contribution < 1.29 is 4.79 Å². The Morgan fingerprint density at radius 1 is 1.43 bits per heavy atom. The zero-order valence-electron chi connectivity index (χ0n) is 9.21. The van der Waals surface area contributed by atoms with Gasteiger partial charge in [0, 0.05) is 6.42 Å². The molecule has 1 heteroatoms. The summed E-state index contributed by atoms with van der Waals surface area (Å²) in [5.74, 6) is 1.57. The van der Waals surface area contributed by atoms with Crippen LogP contribution in [0.5, 0.6) is 0 Å². The van der Waals surface area contributed by atoms with Crippen LogP contribution >= 0.6 is 0 Å². The molecule has 0 amide bonds. The van der Waals surface area contributed by atoms with Gasteiger partial charge in [0.2, 0.25) is 0 Å². The summed E-state index contributed by atoms with van der Waals surface area (Å²) in [7, 11) is 0. The van der Waals surface area contributed by atoms with Gasteiger partial charge in [0.1, 0.15) is 0 Å². The van der Waals surface area contributed by atoms with Crippen molar-refractivity contribution in [2.45, 2.75) is 33.6 Å². The molecule has 0 heterocycles. The molecule has 0 aromatic rings. The van der Waals surface area contributed by atoms with Crippen molar-refractivity contribution in [3.8, 4) is 0 Å². The van der Waals surface area contributed by atoms with Gasteiger partial charge in [-0.2, -0.15) is 0 Å². The molecule has 0 spiro atoms. The van der Waals surface area contributed by atoms with Crippen molar-refractivity contribution >= 4 is 5.78 Å². The van der Waals surface area contributed by atoms with Gasteiger partial charge in [-0.25, -0.2) is 0 Å². The number of fused-ring (bicyclic) bond motifs is 1. The molecule has 0 N–H and O–H groups in total. The first-order chi connectivity index (χ1) is 6.54. The fourth-order valence-electron chi connectivity index (χ4n) is 2.67. The van der Waals surface area contributed by atoms with Crippen molar-refractivity contribution in [3.05, 3.63) is 23.8 Å². The average molecular weight is 190 g/mol. The number of ketones is 1. The van der Waals surface area contributed by atoms with Crippen LogP contribution in [0.2, 0.25) is 0 Å². The summed E-state index contributed by atoms with van der Waals surface area (Å²) >= 11 is 0. The molecule has 0 saturated heterocycles. The molecule has 0 radical (unpaired) electrons. The van der Waals surface area contributed by atoms with Gasteiger partial charge in [0.15, 0.2) is 5.78 Å². The molecule has 76 valence electrons. The second kappa shape index (κ2) is 3.08. The van der Waals surface area contributed by atoms with Crippen LogP contribution in [-0.2, 0) is 4.79 Å². The predicted octanol–water partition coefficient (Wildman–Crippen LogP) is 3.12. The second-order valence-corrected chi connectivity index (χ2v) is 4.99. The lowest BCUT2D eigenvalue weighted by Gasteiger charge is -2.44. The summed E-state index contributed by atoms with van der Waals surface area (Å²) in [5, 5.41) is 0. The largest absolute Gasteiger partial charge is 0.295 e. The van der Waals surface area contributed by atoms with E-state index < -0.39 is 0 Å². The van der Waals surface area contributed by atoms with Crippen molar-refractivity contribution in [2.24, 2.45) is 17.3 Å². The van der Waals surface area contributed by atoms with Crippen LogP contribution in [0.1, 0.15) is 33.6 Å². The number of hydrogen-bond donors (Lipinski definition) is 0. The Kier molecular flexibility index (Phi) is 2.13. The SMILES string of the molecule is CC1C=CC2=CC(=O)CC[C@]2(C)[C@H]1C. The fourth-order valence-corrected chi connectivity index (χ4v) is 2.67. The van der Waals surface area contributed by atoms with Crippen molar-refractivity contribution in [1.29, 1.82) is 0 Å². The Balaban J connectivity index is 2.45. The summed E-state index contributed by atoms with van der Waals surface area (Å²) < 4.78 is 0. The first-order valence-corrected chi connectivity index (χ1v) is 5.47. The van der Waals surface area contributed by atoms with Gasteiger partial charge in [0.25, 0.3) is 0 Å². The number of allylic oxidation sites excluding steroid dienone is 4. The highest BCUT2D eigenvalue weighted by Gasteiger charge is 2.40. The second-order valence-electron chi connectivity index (χ2n) is 4.99. The van der Waals surface area contributed by atoms with E-state index in [9.17, 15) is 4.79 Å². The molecule has 0 aromatic heterocycles. The van der Waals surface area contributed by atoms with Gasteiger partial charge in [-0.05, 0) is 35.3 Å². The van der Waals surface area contributed by atoms with Gasteiger partial charge in [-0.1, -0.05) is 32.9 Å². The van der Waals surface area contributed by atoms with Crippen LogP contribution in [0.4, 0.5) is 0 Å². The minimum atomic E-state index is 0.238. The lowest BCUT2D eigenvalue weighted by molar-refractivity contribution is -0.116. The topological polar surface area (TPSA) is 17.1 Å². The molecule has 2 aliphatic rings. The Morgan fingerprint density at radius 3 is 2.86 bits per heavy atom. The summed E-state index contributed by atoms with van der Waals surface area (Å²) in [4.78, 5) is 11.3.